The standard InChI is InChI=1S/C21H18N4O3S/c26-17(11-25-18(27)12-29-21(25)28)24-10-8-14-13-5-1-2-6-15(13)23-19(14)20(24)16-7-3-4-9-22-16/h1-7,9,20,23H,8,10-12H2/t20-/m1/s1. The molecule has 1 aromatic carbocycles. The number of fused-ring (bicyclic) bond motifs is 3. The Morgan fingerprint density at radius 2 is 2.00 bits per heavy atom. The van der Waals surface area contributed by atoms with Gasteiger partial charge in [0.05, 0.1) is 11.4 Å². The van der Waals surface area contributed by atoms with Crippen LogP contribution in [0.15, 0.2) is 48.7 Å². The van der Waals surface area contributed by atoms with Crippen molar-refractivity contribution in [1.82, 2.24) is 19.8 Å². The van der Waals surface area contributed by atoms with Crippen LogP contribution in [0.25, 0.3) is 10.9 Å². The van der Waals surface area contributed by atoms with Crippen LogP contribution in [0.4, 0.5) is 4.79 Å². The van der Waals surface area contributed by atoms with Gasteiger partial charge in [-0.25, -0.2) is 0 Å². The van der Waals surface area contributed by atoms with Crippen LogP contribution >= 0.6 is 11.8 Å². The number of H-pyrrole nitrogens is 1. The second-order valence-electron chi connectivity index (χ2n) is 7.09. The Morgan fingerprint density at radius 3 is 2.76 bits per heavy atom. The average molecular weight is 406 g/mol. The molecule has 29 heavy (non-hydrogen) atoms. The van der Waals surface area contributed by atoms with Gasteiger partial charge in [0.2, 0.25) is 11.8 Å². The van der Waals surface area contributed by atoms with Crippen LogP contribution in [0.1, 0.15) is 23.0 Å². The molecule has 2 aliphatic rings. The average Bonchev–Trinajstić information content (AvgIpc) is 3.28. The van der Waals surface area contributed by atoms with Gasteiger partial charge < -0.3 is 9.88 Å². The summed E-state index contributed by atoms with van der Waals surface area (Å²) in [7, 11) is 0. The number of carbonyl (C=O) groups excluding carboxylic acids is 3. The number of rotatable bonds is 3. The van der Waals surface area contributed by atoms with E-state index in [0.717, 1.165) is 39.0 Å². The first-order valence-corrected chi connectivity index (χ1v) is 10.4. The molecule has 5 rings (SSSR count). The molecule has 0 bridgehead atoms. The van der Waals surface area contributed by atoms with Gasteiger partial charge in [-0.1, -0.05) is 36.0 Å². The number of carbonyl (C=O) groups is 3. The van der Waals surface area contributed by atoms with Crippen molar-refractivity contribution in [2.24, 2.45) is 0 Å². The molecule has 0 unspecified atom stereocenters. The summed E-state index contributed by atoms with van der Waals surface area (Å²) in [5, 5.41) is 0.790. The highest BCUT2D eigenvalue weighted by molar-refractivity contribution is 8.14. The van der Waals surface area contributed by atoms with Gasteiger partial charge in [0.1, 0.15) is 12.6 Å². The lowest BCUT2D eigenvalue weighted by Crippen LogP contribution is -2.46. The van der Waals surface area contributed by atoms with E-state index in [1.54, 1.807) is 11.1 Å². The first kappa shape index (κ1) is 17.9. The third-order valence-corrected chi connectivity index (χ3v) is 6.32. The van der Waals surface area contributed by atoms with E-state index in [1.807, 2.05) is 36.4 Å². The normalized spacial score (nSPS) is 19.1. The second-order valence-corrected chi connectivity index (χ2v) is 8.02. The van der Waals surface area contributed by atoms with E-state index in [-0.39, 0.29) is 35.4 Å². The molecule has 1 atom stereocenters. The first-order chi connectivity index (χ1) is 14.1. The van der Waals surface area contributed by atoms with Crippen LogP contribution < -0.4 is 0 Å². The molecule has 0 aliphatic carbocycles. The van der Waals surface area contributed by atoms with Crippen molar-refractivity contribution in [2.75, 3.05) is 18.8 Å². The molecular weight excluding hydrogens is 388 g/mol. The molecule has 1 fully saturated rings. The fourth-order valence-corrected chi connectivity index (χ4v) is 4.84. The van der Waals surface area contributed by atoms with E-state index in [4.69, 9.17) is 0 Å². The van der Waals surface area contributed by atoms with Crippen LogP contribution in [-0.4, -0.2) is 55.7 Å². The van der Waals surface area contributed by atoms with Gasteiger partial charge in [-0.15, -0.1) is 0 Å². The summed E-state index contributed by atoms with van der Waals surface area (Å²) in [6, 6.07) is 13.3. The molecule has 3 amide bonds. The zero-order valence-corrected chi connectivity index (χ0v) is 16.3. The molecule has 146 valence electrons. The minimum Gasteiger partial charge on any atom is -0.356 e. The minimum atomic E-state index is -0.389. The lowest BCUT2D eigenvalue weighted by Gasteiger charge is -2.36. The molecule has 0 saturated carbocycles. The fourth-order valence-electron chi connectivity index (χ4n) is 4.11. The molecular formula is C21H18N4O3S. The lowest BCUT2D eigenvalue weighted by molar-refractivity contribution is -0.138. The third kappa shape index (κ3) is 3.00. The predicted molar refractivity (Wildman–Crippen MR) is 109 cm³/mol. The lowest BCUT2D eigenvalue weighted by atomic mass is 9.94. The Morgan fingerprint density at radius 1 is 1.17 bits per heavy atom. The van der Waals surface area contributed by atoms with E-state index in [2.05, 4.69) is 16.0 Å². The SMILES string of the molecule is O=C1CSC(=O)N1CC(=O)N1CCc2c([nH]c3ccccc23)[C@H]1c1ccccn1. The molecule has 8 heteroatoms. The fraction of sp³-hybridized carbons (Fsp3) is 0.238. The van der Waals surface area contributed by atoms with E-state index in [1.165, 1.54) is 5.56 Å². The Bertz CT molecular complexity index is 1110. The summed E-state index contributed by atoms with van der Waals surface area (Å²) in [6.45, 7) is 0.266. The Kier molecular flexibility index (Phi) is 4.35. The van der Waals surface area contributed by atoms with Crippen molar-refractivity contribution in [3.8, 4) is 0 Å². The molecule has 0 spiro atoms. The van der Waals surface area contributed by atoms with Gasteiger partial charge in [0, 0.05) is 29.3 Å². The number of nitrogens with zero attached hydrogens (tertiary/aromatic N) is 3. The van der Waals surface area contributed by atoms with E-state index in [9.17, 15) is 14.4 Å². The van der Waals surface area contributed by atoms with Crippen molar-refractivity contribution in [3.63, 3.8) is 0 Å². The minimum absolute atomic E-state index is 0.0992. The van der Waals surface area contributed by atoms with Crippen molar-refractivity contribution >= 4 is 39.7 Å². The van der Waals surface area contributed by atoms with Gasteiger partial charge in [0.15, 0.2) is 0 Å². The largest absolute Gasteiger partial charge is 0.356 e. The smallest absolute Gasteiger partial charge is 0.289 e. The summed E-state index contributed by atoms with van der Waals surface area (Å²) in [6.07, 6.45) is 2.41. The first-order valence-electron chi connectivity index (χ1n) is 9.40. The van der Waals surface area contributed by atoms with Gasteiger partial charge in [-0.2, -0.15) is 0 Å². The number of aromatic nitrogens is 2. The maximum absolute atomic E-state index is 13.2. The van der Waals surface area contributed by atoms with Crippen LogP contribution in [0.5, 0.6) is 0 Å². The predicted octanol–water partition coefficient (Wildman–Crippen LogP) is 2.73. The number of aromatic amines is 1. The van der Waals surface area contributed by atoms with E-state index < -0.39 is 0 Å². The van der Waals surface area contributed by atoms with Gasteiger partial charge in [-0.05, 0) is 30.2 Å². The number of hydrogen-bond acceptors (Lipinski definition) is 5. The number of pyridine rings is 1. The maximum atomic E-state index is 13.2. The number of thioether (sulfide) groups is 1. The summed E-state index contributed by atoms with van der Waals surface area (Å²) >= 11 is 0.939. The Hall–Kier alpha value is -3.13. The number of imide groups is 1. The van der Waals surface area contributed by atoms with E-state index >= 15 is 0 Å². The van der Waals surface area contributed by atoms with Crippen LogP contribution in [0.2, 0.25) is 0 Å². The molecule has 7 nitrogen and oxygen atoms in total. The van der Waals surface area contributed by atoms with Crippen molar-refractivity contribution in [3.05, 3.63) is 65.6 Å². The molecule has 1 saturated heterocycles. The highest BCUT2D eigenvalue weighted by Gasteiger charge is 2.38. The highest BCUT2D eigenvalue weighted by atomic mass is 32.2. The van der Waals surface area contributed by atoms with Gasteiger partial charge in [0.25, 0.3) is 5.24 Å². The maximum Gasteiger partial charge on any atom is 0.289 e. The third-order valence-electron chi connectivity index (χ3n) is 5.46. The Labute approximate surface area is 171 Å². The number of nitrogens with one attached hydrogen (secondary N) is 1. The van der Waals surface area contributed by atoms with Crippen LogP contribution in [0.3, 0.4) is 0 Å². The van der Waals surface area contributed by atoms with E-state index in [0.29, 0.717) is 13.0 Å². The molecule has 4 heterocycles. The monoisotopic (exact) mass is 406 g/mol. The van der Waals surface area contributed by atoms with Crippen LogP contribution in [-0.2, 0) is 16.0 Å². The number of para-hydroxylation sites is 1. The van der Waals surface area contributed by atoms with Crippen molar-refractivity contribution in [1.29, 1.82) is 0 Å². The molecule has 2 aliphatic heterocycles. The van der Waals surface area contributed by atoms with Gasteiger partial charge in [-0.3, -0.25) is 24.3 Å². The Balaban J connectivity index is 1.55. The summed E-state index contributed by atoms with van der Waals surface area (Å²) in [4.78, 5) is 47.8. The molecule has 2 aromatic heterocycles. The van der Waals surface area contributed by atoms with Crippen molar-refractivity contribution < 1.29 is 14.4 Å². The van der Waals surface area contributed by atoms with Crippen molar-refractivity contribution in [2.45, 2.75) is 12.5 Å². The molecule has 3 aromatic rings. The molecule has 0 radical (unpaired) electrons. The number of amides is 3. The summed E-state index contributed by atoms with van der Waals surface area (Å²) in [5.74, 6) is -0.470. The summed E-state index contributed by atoms with van der Waals surface area (Å²) in [5.41, 5.74) is 3.90. The topological polar surface area (TPSA) is 86.4 Å². The van der Waals surface area contributed by atoms with Gasteiger partial charge >= 0.3 is 0 Å². The quantitative estimate of drug-likeness (QED) is 0.723. The second kappa shape index (κ2) is 7.04. The zero-order valence-electron chi connectivity index (χ0n) is 15.5. The number of benzene rings is 1. The van der Waals surface area contributed by atoms with Crippen LogP contribution in [0, 0.1) is 0 Å². The zero-order chi connectivity index (χ0) is 20.0. The molecule has 1 N–H and O–H groups in total. The summed E-state index contributed by atoms with van der Waals surface area (Å²) < 4.78 is 0. The number of hydrogen-bond donors (Lipinski definition) is 1. The highest BCUT2D eigenvalue weighted by Crippen LogP contribution is 2.37.